The first kappa shape index (κ1) is 21.0. The number of carbonyl (C=O) groups is 1. The fourth-order valence-corrected chi connectivity index (χ4v) is 4.15. The first-order valence-corrected chi connectivity index (χ1v) is 10.0. The predicted octanol–water partition coefficient (Wildman–Crippen LogP) is 2.78. The van der Waals surface area contributed by atoms with E-state index >= 15 is 0 Å². The van der Waals surface area contributed by atoms with Crippen molar-refractivity contribution in [3.8, 4) is 5.75 Å². The molecule has 1 saturated carbocycles. The lowest BCUT2D eigenvalue weighted by molar-refractivity contribution is -0.230. The lowest BCUT2D eigenvalue weighted by Crippen LogP contribution is -2.75. The summed E-state index contributed by atoms with van der Waals surface area (Å²) in [7, 11) is 3.12. The van der Waals surface area contributed by atoms with Gasteiger partial charge >= 0.3 is 0 Å². The average Bonchev–Trinajstić information content (AvgIpc) is 2.71. The van der Waals surface area contributed by atoms with Crippen molar-refractivity contribution in [3.63, 3.8) is 0 Å². The first-order chi connectivity index (χ1) is 13.5. The number of hydrogen-bond acceptors (Lipinski definition) is 6. The number of aromatic nitrogens is 1. The molecule has 2 heterocycles. The summed E-state index contributed by atoms with van der Waals surface area (Å²) in [5, 5.41) is 0. The van der Waals surface area contributed by atoms with Crippen LogP contribution in [0.4, 0.5) is 0 Å². The van der Waals surface area contributed by atoms with Crippen molar-refractivity contribution in [3.05, 3.63) is 24.0 Å². The minimum Gasteiger partial charge on any atom is -0.490 e. The number of amides is 1. The van der Waals surface area contributed by atoms with Crippen LogP contribution in [0, 0.1) is 5.92 Å². The van der Waals surface area contributed by atoms with E-state index in [1.165, 1.54) is 12.8 Å². The minimum atomic E-state index is -0.986. The van der Waals surface area contributed by atoms with Gasteiger partial charge in [0.15, 0.2) is 5.60 Å². The zero-order valence-electron chi connectivity index (χ0n) is 17.3. The summed E-state index contributed by atoms with van der Waals surface area (Å²) < 4.78 is 22.3. The molecule has 2 atom stereocenters. The van der Waals surface area contributed by atoms with Gasteiger partial charge in [0.25, 0.3) is 5.91 Å². The fourth-order valence-electron chi connectivity index (χ4n) is 4.15. The van der Waals surface area contributed by atoms with Crippen LogP contribution in [0.15, 0.2) is 18.3 Å². The highest BCUT2D eigenvalue weighted by Crippen LogP contribution is 2.37. The summed E-state index contributed by atoms with van der Waals surface area (Å²) in [6.45, 7) is 4.55. The van der Waals surface area contributed by atoms with Gasteiger partial charge < -0.3 is 23.8 Å². The maximum Gasteiger partial charge on any atom is 0.259 e. The molecule has 1 saturated heterocycles. The Morgan fingerprint density at radius 2 is 1.93 bits per heavy atom. The van der Waals surface area contributed by atoms with E-state index in [2.05, 4.69) is 11.9 Å². The van der Waals surface area contributed by atoms with Crippen LogP contribution < -0.4 is 4.74 Å². The lowest BCUT2D eigenvalue weighted by atomic mass is 9.79. The summed E-state index contributed by atoms with van der Waals surface area (Å²) in [5.41, 5.74) is -0.212. The van der Waals surface area contributed by atoms with Crippen molar-refractivity contribution in [2.75, 3.05) is 27.7 Å². The highest BCUT2D eigenvalue weighted by molar-refractivity contribution is 5.93. The molecule has 7 heteroatoms. The molecular formula is C21H32N2O5. The van der Waals surface area contributed by atoms with E-state index in [-0.39, 0.29) is 31.6 Å². The van der Waals surface area contributed by atoms with Gasteiger partial charge in [0, 0.05) is 38.6 Å². The van der Waals surface area contributed by atoms with Gasteiger partial charge in [-0.15, -0.1) is 0 Å². The number of ether oxygens (including phenoxy) is 4. The molecule has 1 amide bonds. The Hall–Kier alpha value is -1.70. The second kappa shape index (κ2) is 9.20. The Morgan fingerprint density at radius 1 is 1.18 bits per heavy atom. The highest BCUT2D eigenvalue weighted by atomic mass is 16.7. The van der Waals surface area contributed by atoms with E-state index in [0.717, 1.165) is 30.2 Å². The van der Waals surface area contributed by atoms with Crippen molar-refractivity contribution in [1.82, 2.24) is 9.88 Å². The fraction of sp³-hybridized carbons (Fsp3) is 0.714. The van der Waals surface area contributed by atoms with E-state index in [9.17, 15) is 4.79 Å². The van der Waals surface area contributed by atoms with Gasteiger partial charge in [0.05, 0.1) is 12.1 Å². The molecule has 1 aromatic rings. The second-order valence-electron chi connectivity index (χ2n) is 7.97. The Morgan fingerprint density at radius 3 is 2.57 bits per heavy atom. The largest absolute Gasteiger partial charge is 0.490 e. The Kier molecular flexibility index (Phi) is 6.91. The molecule has 2 fully saturated rings. The number of pyridine rings is 1. The quantitative estimate of drug-likeness (QED) is 0.475. The number of nitrogens with zero attached hydrogens (tertiary/aromatic N) is 2. The van der Waals surface area contributed by atoms with Gasteiger partial charge in [-0.05, 0) is 44.6 Å². The van der Waals surface area contributed by atoms with Gasteiger partial charge in [-0.3, -0.25) is 9.78 Å². The molecule has 28 heavy (non-hydrogen) atoms. The first-order valence-electron chi connectivity index (χ1n) is 10.0. The third kappa shape index (κ3) is 4.31. The molecule has 7 nitrogen and oxygen atoms in total. The summed E-state index contributed by atoms with van der Waals surface area (Å²) >= 11 is 0. The molecule has 0 radical (unpaired) electrons. The Balaban J connectivity index is 1.70. The number of β-lactam (4-membered cyclic amide) rings is 1. The maximum absolute atomic E-state index is 12.8. The maximum atomic E-state index is 12.8. The molecule has 0 aromatic carbocycles. The molecule has 3 rings (SSSR count). The highest BCUT2D eigenvalue weighted by Gasteiger charge is 2.60. The molecular weight excluding hydrogens is 360 g/mol. The summed E-state index contributed by atoms with van der Waals surface area (Å²) in [6, 6.07) is 3.67. The van der Waals surface area contributed by atoms with Crippen LogP contribution in [0.25, 0.3) is 0 Å². The van der Waals surface area contributed by atoms with Crippen LogP contribution in [0.5, 0.6) is 5.75 Å². The van der Waals surface area contributed by atoms with Crippen LogP contribution in [-0.4, -0.2) is 61.3 Å². The smallest absolute Gasteiger partial charge is 0.259 e. The molecule has 0 bridgehead atoms. The van der Waals surface area contributed by atoms with Crippen molar-refractivity contribution >= 4 is 5.91 Å². The number of likely N-dealkylation sites (tertiary alicyclic amines) is 1. The van der Waals surface area contributed by atoms with E-state index < -0.39 is 5.60 Å². The zero-order valence-corrected chi connectivity index (χ0v) is 17.3. The third-order valence-corrected chi connectivity index (χ3v) is 5.97. The lowest BCUT2D eigenvalue weighted by Gasteiger charge is -2.53. The molecule has 1 aromatic heterocycles. The molecule has 0 N–H and O–H groups in total. The van der Waals surface area contributed by atoms with Crippen LogP contribution in [0.1, 0.15) is 45.2 Å². The Labute approximate surface area is 167 Å². The Bertz CT molecular complexity index is 662. The van der Waals surface area contributed by atoms with Crippen LogP contribution in [-0.2, 0) is 25.4 Å². The number of rotatable bonds is 9. The van der Waals surface area contributed by atoms with Crippen LogP contribution in [0.2, 0.25) is 0 Å². The molecule has 0 spiro atoms. The normalized spacial score (nSPS) is 30.2. The van der Waals surface area contributed by atoms with Crippen molar-refractivity contribution < 1.29 is 23.7 Å². The van der Waals surface area contributed by atoms with Crippen LogP contribution in [0.3, 0.4) is 0 Å². The summed E-state index contributed by atoms with van der Waals surface area (Å²) in [4.78, 5) is 18.9. The van der Waals surface area contributed by atoms with E-state index in [0.29, 0.717) is 6.42 Å². The summed E-state index contributed by atoms with van der Waals surface area (Å²) in [6.07, 6.45) is 6.95. The predicted molar refractivity (Wildman–Crippen MR) is 104 cm³/mol. The number of methoxy groups -OCH3 is 2. The monoisotopic (exact) mass is 392 g/mol. The van der Waals surface area contributed by atoms with Gasteiger partial charge in [0.1, 0.15) is 19.3 Å². The van der Waals surface area contributed by atoms with Crippen molar-refractivity contribution in [1.29, 1.82) is 0 Å². The zero-order chi connectivity index (χ0) is 20.1. The van der Waals surface area contributed by atoms with Gasteiger partial charge in [-0.1, -0.05) is 6.92 Å². The minimum absolute atomic E-state index is 0.0490. The number of carbonyl (C=O) groups excluding carboxylic acids is 1. The molecule has 156 valence electrons. The molecule has 0 unspecified atom stereocenters. The SMILES string of the molecule is COCO[C@@]1(Cc2cc(OC3CCC(C)CC3)ccn2)C(=O)N(COC)[C@H]1C. The topological polar surface area (TPSA) is 70.1 Å². The van der Waals surface area contributed by atoms with Crippen molar-refractivity contribution in [2.24, 2.45) is 5.92 Å². The number of hydrogen-bond donors (Lipinski definition) is 0. The average molecular weight is 392 g/mol. The standard InChI is InChI=1S/C21H32N2O5/c1-15-5-7-18(8-6-15)28-19-9-10-22-17(11-19)12-21(27-14-26-4)16(2)23(13-25-3)20(21)24/h9-11,15-16,18H,5-8,12-14H2,1-4H3/t15?,16-,18?,21+/m0/s1. The van der Waals surface area contributed by atoms with Gasteiger partial charge in [-0.2, -0.15) is 0 Å². The molecule has 1 aliphatic carbocycles. The summed E-state index contributed by atoms with van der Waals surface area (Å²) in [5.74, 6) is 1.49. The van der Waals surface area contributed by atoms with Gasteiger partial charge in [-0.25, -0.2) is 0 Å². The van der Waals surface area contributed by atoms with Crippen molar-refractivity contribution in [2.45, 2.75) is 63.7 Å². The van der Waals surface area contributed by atoms with Crippen LogP contribution >= 0.6 is 0 Å². The third-order valence-electron chi connectivity index (χ3n) is 5.97. The van der Waals surface area contributed by atoms with E-state index in [1.807, 2.05) is 19.1 Å². The molecule has 1 aliphatic heterocycles. The van der Waals surface area contributed by atoms with Gasteiger partial charge in [0.2, 0.25) is 0 Å². The molecule has 2 aliphatic rings. The second-order valence-corrected chi connectivity index (χ2v) is 7.97. The van der Waals surface area contributed by atoms with E-state index in [4.69, 9.17) is 18.9 Å². The van der Waals surface area contributed by atoms with E-state index in [1.54, 1.807) is 25.3 Å².